The molecule has 0 bridgehead atoms. The molecule has 1 fully saturated rings. The highest BCUT2D eigenvalue weighted by molar-refractivity contribution is 4.77. The van der Waals surface area contributed by atoms with Crippen molar-refractivity contribution in [2.45, 2.75) is 26.1 Å². The summed E-state index contributed by atoms with van der Waals surface area (Å²) in [6, 6.07) is 0. The molecule has 8 heavy (non-hydrogen) atoms. The summed E-state index contributed by atoms with van der Waals surface area (Å²) in [5.74, 6) is 0. The van der Waals surface area contributed by atoms with E-state index >= 15 is 0 Å². The fourth-order valence-electron chi connectivity index (χ4n) is 0.596. The van der Waals surface area contributed by atoms with E-state index in [1.54, 1.807) is 6.61 Å². The lowest BCUT2D eigenvalue weighted by molar-refractivity contribution is -0.105. The van der Waals surface area contributed by atoms with Crippen molar-refractivity contribution >= 4 is 0 Å². The van der Waals surface area contributed by atoms with Crippen molar-refractivity contribution in [1.82, 2.24) is 0 Å². The summed E-state index contributed by atoms with van der Waals surface area (Å²) in [5.41, 5.74) is 0. The molecular formula is C6H11O2. The summed E-state index contributed by atoms with van der Waals surface area (Å²) in [4.78, 5) is 0. The fraction of sp³-hybridized carbons (Fsp3) is 0.833. The van der Waals surface area contributed by atoms with Gasteiger partial charge in [0.25, 0.3) is 0 Å². The Balaban J connectivity index is 2.01. The van der Waals surface area contributed by atoms with E-state index in [1.165, 1.54) is 0 Å². The predicted octanol–water partition coefficient (Wildman–Crippen LogP) is 0.972. The van der Waals surface area contributed by atoms with Crippen LogP contribution in [0.1, 0.15) is 13.8 Å². The van der Waals surface area contributed by atoms with Crippen molar-refractivity contribution in [2.75, 3.05) is 6.61 Å². The van der Waals surface area contributed by atoms with Gasteiger partial charge < -0.3 is 9.47 Å². The highest BCUT2D eigenvalue weighted by atomic mass is 16.6. The van der Waals surface area contributed by atoms with Gasteiger partial charge in [-0.1, -0.05) is 0 Å². The van der Waals surface area contributed by atoms with Gasteiger partial charge in [0.1, 0.15) is 12.7 Å². The number of rotatable bonds is 2. The van der Waals surface area contributed by atoms with Gasteiger partial charge in [-0.2, -0.15) is 0 Å². The zero-order valence-electron chi connectivity index (χ0n) is 5.26. The van der Waals surface area contributed by atoms with Crippen molar-refractivity contribution in [2.24, 2.45) is 0 Å². The smallest absolute Gasteiger partial charge is 0.115 e. The van der Waals surface area contributed by atoms with Crippen LogP contribution in [-0.4, -0.2) is 18.8 Å². The summed E-state index contributed by atoms with van der Waals surface area (Å²) in [7, 11) is 0. The van der Waals surface area contributed by atoms with Crippen molar-refractivity contribution < 1.29 is 9.47 Å². The van der Waals surface area contributed by atoms with Gasteiger partial charge >= 0.3 is 0 Å². The average Bonchev–Trinajstić information content (AvgIpc) is 1.55. The molecule has 2 heteroatoms. The van der Waals surface area contributed by atoms with Gasteiger partial charge in [-0.05, 0) is 13.8 Å². The van der Waals surface area contributed by atoms with Gasteiger partial charge in [0.2, 0.25) is 0 Å². The molecule has 0 aliphatic carbocycles. The molecule has 1 radical (unpaired) electrons. The average molecular weight is 115 g/mol. The second kappa shape index (κ2) is 2.46. The van der Waals surface area contributed by atoms with Gasteiger partial charge in [0.15, 0.2) is 0 Å². The van der Waals surface area contributed by atoms with Crippen LogP contribution in [-0.2, 0) is 9.47 Å². The van der Waals surface area contributed by atoms with Crippen LogP contribution in [0.4, 0.5) is 0 Å². The molecule has 0 spiro atoms. The molecule has 47 valence electrons. The van der Waals surface area contributed by atoms with E-state index in [0.29, 0.717) is 6.10 Å². The molecule has 1 heterocycles. The number of hydrogen-bond donors (Lipinski definition) is 0. The second-order valence-corrected chi connectivity index (χ2v) is 2.19. The molecule has 0 aromatic carbocycles. The lowest BCUT2D eigenvalue weighted by Crippen LogP contribution is -2.33. The topological polar surface area (TPSA) is 18.5 Å². The summed E-state index contributed by atoms with van der Waals surface area (Å²) in [6.07, 6.45) is 0.579. The first-order valence-electron chi connectivity index (χ1n) is 2.89. The van der Waals surface area contributed by atoms with Crippen molar-refractivity contribution in [3.63, 3.8) is 0 Å². The summed E-state index contributed by atoms with van der Waals surface area (Å²) >= 11 is 0. The highest BCUT2D eigenvalue weighted by Gasteiger charge is 2.20. The van der Waals surface area contributed by atoms with Crippen molar-refractivity contribution in [3.8, 4) is 0 Å². The minimum absolute atomic E-state index is 0.259. The van der Waals surface area contributed by atoms with Gasteiger partial charge in [-0.3, -0.25) is 0 Å². The third-order valence-corrected chi connectivity index (χ3v) is 0.955. The van der Waals surface area contributed by atoms with E-state index in [2.05, 4.69) is 0 Å². The Morgan fingerprint density at radius 3 is 2.50 bits per heavy atom. The van der Waals surface area contributed by atoms with Crippen LogP contribution in [0.25, 0.3) is 0 Å². The Labute approximate surface area is 49.8 Å². The van der Waals surface area contributed by atoms with Gasteiger partial charge in [0.05, 0.1) is 12.7 Å². The molecule has 0 aromatic heterocycles. The molecule has 1 aliphatic heterocycles. The van der Waals surface area contributed by atoms with E-state index in [0.717, 1.165) is 6.61 Å². The molecule has 0 aromatic rings. The maximum atomic E-state index is 5.31. The maximum Gasteiger partial charge on any atom is 0.115 e. The molecule has 1 unspecified atom stereocenters. The molecule has 0 saturated carbocycles. The maximum absolute atomic E-state index is 5.31. The largest absolute Gasteiger partial charge is 0.370 e. The normalized spacial score (nSPS) is 21.4. The zero-order valence-corrected chi connectivity index (χ0v) is 5.26. The SMILES string of the molecule is CC(C)OC1[CH]OC1. The molecule has 1 aliphatic rings. The van der Waals surface area contributed by atoms with E-state index in [9.17, 15) is 0 Å². The number of hydrogen-bond acceptors (Lipinski definition) is 2. The molecule has 1 saturated heterocycles. The quantitative estimate of drug-likeness (QED) is 0.534. The Morgan fingerprint density at radius 1 is 1.75 bits per heavy atom. The van der Waals surface area contributed by atoms with Crippen molar-refractivity contribution in [1.29, 1.82) is 0 Å². The highest BCUT2D eigenvalue weighted by Crippen LogP contribution is 2.11. The molecular weight excluding hydrogens is 104 g/mol. The van der Waals surface area contributed by atoms with Gasteiger partial charge in [-0.15, -0.1) is 0 Å². The Morgan fingerprint density at radius 2 is 2.38 bits per heavy atom. The van der Waals surface area contributed by atoms with Crippen molar-refractivity contribution in [3.05, 3.63) is 6.61 Å². The van der Waals surface area contributed by atoms with Gasteiger partial charge in [-0.25, -0.2) is 0 Å². The minimum Gasteiger partial charge on any atom is -0.370 e. The molecule has 0 amide bonds. The first kappa shape index (κ1) is 6.05. The second-order valence-electron chi connectivity index (χ2n) is 2.19. The Bertz CT molecular complexity index is 66.9. The Kier molecular flexibility index (Phi) is 1.86. The van der Waals surface area contributed by atoms with E-state index in [-0.39, 0.29) is 6.10 Å². The van der Waals surface area contributed by atoms with E-state index in [1.807, 2.05) is 13.8 Å². The lowest BCUT2D eigenvalue weighted by atomic mass is 10.3. The van der Waals surface area contributed by atoms with Crippen LogP contribution in [0.2, 0.25) is 0 Å². The first-order chi connectivity index (χ1) is 3.79. The predicted molar refractivity (Wildman–Crippen MR) is 30.3 cm³/mol. The Hall–Kier alpha value is -0.0800. The van der Waals surface area contributed by atoms with Crippen LogP contribution in [0.3, 0.4) is 0 Å². The standard InChI is InChI=1S/C6H11O2/c1-5(2)8-6-3-7-4-6/h3,5-6H,4H2,1-2H3. The zero-order chi connectivity index (χ0) is 5.98. The van der Waals surface area contributed by atoms with Crippen LogP contribution in [0, 0.1) is 6.61 Å². The van der Waals surface area contributed by atoms with E-state index in [4.69, 9.17) is 9.47 Å². The van der Waals surface area contributed by atoms with Gasteiger partial charge in [0, 0.05) is 0 Å². The molecule has 1 atom stereocenters. The summed E-state index contributed by atoms with van der Waals surface area (Å²) in [5, 5.41) is 0. The lowest BCUT2D eigenvalue weighted by Gasteiger charge is -2.26. The van der Waals surface area contributed by atoms with Crippen LogP contribution >= 0.6 is 0 Å². The monoisotopic (exact) mass is 115 g/mol. The number of ether oxygens (including phenoxy) is 2. The molecule has 0 N–H and O–H groups in total. The fourth-order valence-corrected chi connectivity index (χ4v) is 0.596. The minimum atomic E-state index is 0.259. The first-order valence-corrected chi connectivity index (χ1v) is 2.89. The van der Waals surface area contributed by atoms with Crippen LogP contribution in [0.5, 0.6) is 0 Å². The summed E-state index contributed by atoms with van der Waals surface area (Å²) in [6.45, 7) is 6.50. The summed E-state index contributed by atoms with van der Waals surface area (Å²) < 4.78 is 10.1. The molecule has 2 nitrogen and oxygen atoms in total. The molecule has 1 rings (SSSR count). The van der Waals surface area contributed by atoms with Crippen LogP contribution < -0.4 is 0 Å². The third-order valence-electron chi connectivity index (χ3n) is 0.955. The van der Waals surface area contributed by atoms with E-state index < -0.39 is 0 Å². The van der Waals surface area contributed by atoms with Crippen LogP contribution in [0.15, 0.2) is 0 Å². The third kappa shape index (κ3) is 1.46.